The van der Waals surface area contributed by atoms with Crippen molar-refractivity contribution >= 4 is 17.3 Å². The Balaban J connectivity index is 1.56. The largest absolute Gasteiger partial charge is 0.507 e. The lowest BCUT2D eigenvalue weighted by molar-refractivity contribution is -0.918. The van der Waals surface area contributed by atoms with Gasteiger partial charge in [0.2, 0.25) is 0 Å². The molecule has 0 unspecified atom stereocenters. The van der Waals surface area contributed by atoms with E-state index in [2.05, 4.69) is 15.8 Å². The predicted molar refractivity (Wildman–Crippen MR) is 116 cm³/mol. The van der Waals surface area contributed by atoms with Gasteiger partial charge in [0.05, 0.1) is 25.3 Å². The van der Waals surface area contributed by atoms with E-state index in [9.17, 15) is 9.90 Å². The van der Waals surface area contributed by atoms with Gasteiger partial charge in [-0.3, -0.25) is 4.79 Å². The number of likely N-dealkylation sites (tertiary alicyclic amines) is 1. The fourth-order valence-corrected chi connectivity index (χ4v) is 3.55. The highest BCUT2D eigenvalue weighted by atomic mass is 16.3. The Bertz CT molecular complexity index is 856. The van der Waals surface area contributed by atoms with E-state index in [-0.39, 0.29) is 12.5 Å². The number of nitrogens with zero attached hydrogens (tertiary/aromatic N) is 1. The van der Waals surface area contributed by atoms with Gasteiger partial charge in [-0.25, -0.2) is 5.43 Å². The smallest absolute Gasteiger partial charge is 0.259 e. The molecule has 0 spiro atoms. The second-order valence-corrected chi connectivity index (χ2v) is 7.78. The number of rotatable bonds is 7. The van der Waals surface area contributed by atoms with Crippen molar-refractivity contribution in [2.45, 2.75) is 39.7 Å². The summed E-state index contributed by atoms with van der Waals surface area (Å²) in [5.41, 5.74) is 7.22. The van der Waals surface area contributed by atoms with Crippen LogP contribution in [0.4, 0.5) is 5.69 Å². The number of phenols is 1. The highest BCUT2D eigenvalue weighted by Gasteiger charge is 2.16. The Hall–Kier alpha value is -2.86. The number of hydrogen-bond donors (Lipinski definition) is 4. The number of piperidine rings is 1. The molecule has 0 aromatic heterocycles. The normalized spacial score (nSPS) is 15.2. The molecule has 4 N–H and O–H groups in total. The van der Waals surface area contributed by atoms with Crippen LogP contribution >= 0.6 is 0 Å². The summed E-state index contributed by atoms with van der Waals surface area (Å²) in [5, 5.41) is 17.5. The van der Waals surface area contributed by atoms with Gasteiger partial charge >= 0.3 is 0 Å². The van der Waals surface area contributed by atoms with Crippen molar-refractivity contribution in [3.63, 3.8) is 0 Å². The first-order valence-electron chi connectivity index (χ1n) is 10.3. The van der Waals surface area contributed by atoms with Crippen LogP contribution in [0.1, 0.15) is 42.9 Å². The second kappa shape index (κ2) is 10.1. The van der Waals surface area contributed by atoms with E-state index in [1.54, 1.807) is 6.07 Å². The maximum Gasteiger partial charge on any atom is 0.259 e. The van der Waals surface area contributed by atoms with Gasteiger partial charge in [0.25, 0.3) is 5.91 Å². The van der Waals surface area contributed by atoms with Gasteiger partial charge in [-0.05, 0) is 69.0 Å². The highest BCUT2D eigenvalue weighted by Crippen LogP contribution is 2.18. The van der Waals surface area contributed by atoms with Crippen LogP contribution in [-0.2, 0) is 11.3 Å². The summed E-state index contributed by atoms with van der Waals surface area (Å²) >= 11 is 0. The molecule has 0 radical (unpaired) electrons. The Kier molecular flexibility index (Phi) is 7.25. The fraction of sp³-hybridized carbons (Fsp3) is 0.391. The van der Waals surface area contributed by atoms with Crippen molar-refractivity contribution < 1.29 is 14.8 Å². The van der Waals surface area contributed by atoms with Crippen LogP contribution in [0, 0.1) is 6.92 Å². The van der Waals surface area contributed by atoms with Crippen molar-refractivity contribution in [2.24, 2.45) is 5.10 Å². The zero-order chi connectivity index (χ0) is 20.6. The van der Waals surface area contributed by atoms with E-state index in [4.69, 9.17) is 0 Å². The monoisotopic (exact) mass is 395 g/mol. The Morgan fingerprint density at radius 1 is 1.10 bits per heavy atom. The molecule has 1 amide bonds. The summed E-state index contributed by atoms with van der Waals surface area (Å²) in [6.07, 6.45) is 3.80. The molecule has 0 bridgehead atoms. The van der Waals surface area contributed by atoms with Crippen molar-refractivity contribution in [2.75, 3.05) is 25.0 Å². The molecule has 29 heavy (non-hydrogen) atoms. The van der Waals surface area contributed by atoms with Gasteiger partial charge in [-0.1, -0.05) is 17.7 Å². The van der Waals surface area contributed by atoms with E-state index >= 15 is 0 Å². The number of phenolic OH excluding ortho intramolecular Hbond substituents is 1. The third-order valence-corrected chi connectivity index (χ3v) is 5.35. The lowest BCUT2D eigenvalue weighted by Gasteiger charge is -2.24. The first kappa shape index (κ1) is 20.9. The number of benzene rings is 2. The first-order valence-corrected chi connectivity index (χ1v) is 10.3. The SMILES string of the molecule is C/C(=N\NC(=O)CNc1ccc(C)cc1)c1ccc(O)c(C[NH+]2CCCCC2)c1. The molecule has 6 heteroatoms. The summed E-state index contributed by atoms with van der Waals surface area (Å²) < 4.78 is 0. The van der Waals surface area contributed by atoms with Gasteiger partial charge in [0.1, 0.15) is 12.3 Å². The number of aryl methyl sites for hydroxylation is 1. The minimum absolute atomic E-state index is 0.152. The second-order valence-electron chi connectivity index (χ2n) is 7.78. The number of hydrazone groups is 1. The third kappa shape index (κ3) is 6.32. The molecular weight excluding hydrogens is 364 g/mol. The molecule has 1 aliphatic rings. The van der Waals surface area contributed by atoms with E-state index in [1.165, 1.54) is 29.7 Å². The van der Waals surface area contributed by atoms with E-state index in [0.29, 0.717) is 11.5 Å². The minimum atomic E-state index is -0.207. The van der Waals surface area contributed by atoms with Crippen LogP contribution in [0.3, 0.4) is 0 Å². The molecule has 1 heterocycles. The number of aromatic hydroxyl groups is 1. The maximum atomic E-state index is 12.1. The number of hydrogen-bond acceptors (Lipinski definition) is 4. The van der Waals surface area contributed by atoms with Gasteiger partial charge in [-0.2, -0.15) is 5.10 Å². The van der Waals surface area contributed by atoms with Gasteiger partial charge in [-0.15, -0.1) is 0 Å². The summed E-state index contributed by atoms with van der Waals surface area (Å²) in [4.78, 5) is 13.6. The number of amides is 1. The number of anilines is 1. The number of nitrogens with one attached hydrogen (secondary N) is 3. The average Bonchev–Trinajstić information content (AvgIpc) is 2.74. The average molecular weight is 396 g/mol. The Morgan fingerprint density at radius 3 is 2.55 bits per heavy atom. The number of carbonyl (C=O) groups excluding carboxylic acids is 1. The lowest BCUT2D eigenvalue weighted by atomic mass is 10.0. The van der Waals surface area contributed by atoms with E-state index in [0.717, 1.165) is 36.4 Å². The highest BCUT2D eigenvalue weighted by molar-refractivity contribution is 5.99. The lowest BCUT2D eigenvalue weighted by Crippen LogP contribution is -3.11. The predicted octanol–water partition coefficient (Wildman–Crippen LogP) is 2.22. The molecule has 2 aromatic carbocycles. The zero-order valence-electron chi connectivity index (χ0n) is 17.3. The minimum Gasteiger partial charge on any atom is -0.507 e. The standard InChI is InChI=1S/C23H30N4O2/c1-17-6-9-21(10-7-17)24-15-23(29)26-25-18(2)19-8-11-22(28)20(14-19)16-27-12-4-3-5-13-27/h6-11,14,24,28H,3-5,12-13,15-16H2,1-2H3,(H,26,29)/p+1/b25-18+. The summed E-state index contributed by atoms with van der Waals surface area (Å²) in [6, 6.07) is 13.4. The van der Waals surface area contributed by atoms with Crippen LogP contribution < -0.4 is 15.6 Å². The summed E-state index contributed by atoms with van der Waals surface area (Å²) in [5.74, 6) is 0.118. The van der Waals surface area contributed by atoms with Crippen molar-refractivity contribution in [1.82, 2.24) is 5.43 Å². The van der Waals surface area contributed by atoms with Crippen molar-refractivity contribution in [3.8, 4) is 5.75 Å². The number of quaternary nitrogens is 1. The van der Waals surface area contributed by atoms with Crippen molar-refractivity contribution in [1.29, 1.82) is 0 Å². The molecule has 154 valence electrons. The van der Waals surface area contributed by atoms with Crippen LogP contribution in [0.2, 0.25) is 0 Å². The molecule has 6 nitrogen and oxygen atoms in total. The molecule has 1 saturated heterocycles. The number of carbonyl (C=O) groups is 1. The fourth-order valence-electron chi connectivity index (χ4n) is 3.55. The van der Waals surface area contributed by atoms with Crippen LogP contribution in [0.25, 0.3) is 0 Å². The van der Waals surface area contributed by atoms with Crippen LogP contribution in [0.15, 0.2) is 47.6 Å². The van der Waals surface area contributed by atoms with E-state index < -0.39 is 0 Å². The molecule has 0 saturated carbocycles. The molecule has 2 aromatic rings. The molecule has 1 aliphatic heterocycles. The van der Waals surface area contributed by atoms with E-state index in [1.807, 2.05) is 50.2 Å². The van der Waals surface area contributed by atoms with Crippen LogP contribution in [-0.4, -0.2) is 36.4 Å². The quantitative estimate of drug-likeness (QED) is 0.429. The van der Waals surface area contributed by atoms with Gasteiger partial charge < -0.3 is 15.3 Å². The topological polar surface area (TPSA) is 78.2 Å². The molecule has 1 fully saturated rings. The Labute approximate surface area is 172 Å². The van der Waals surface area contributed by atoms with Crippen molar-refractivity contribution in [3.05, 3.63) is 59.2 Å². The summed E-state index contributed by atoms with van der Waals surface area (Å²) in [6.45, 7) is 7.16. The molecule has 0 aliphatic carbocycles. The van der Waals surface area contributed by atoms with Gasteiger partial charge in [0.15, 0.2) is 0 Å². The molecule has 3 rings (SSSR count). The summed E-state index contributed by atoms with van der Waals surface area (Å²) in [7, 11) is 0. The first-order chi connectivity index (χ1) is 14.0. The molecular formula is C23H31N4O2+. The Morgan fingerprint density at radius 2 is 1.83 bits per heavy atom. The molecule has 0 atom stereocenters. The van der Waals surface area contributed by atoms with Crippen LogP contribution in [0.5, 0.6) is 5.75 Å². The zero-order valence-corrected chi connectivity index (χ0v) is 17.3. The maximum absolute atomic E-state index is 12.1. The third-order valence-electron chi connectivity index (χ3n) is 5.35. The van der Waals surface area contributed by atoms with Gasteiger partial charge in [0, 0.05) is 11.3 Å².